The number of hydrogen-bond donors (Lipinski definition) is 1. The maximum absolute atomic E-state index is 11.6. The van der Waals surface area contributed by atoms with Gasteiger partial charge in [0, 0.05) is 6.54 Å². The molecule has 0 unspecified atom stereocenters. The van der Waals surface area contributed by atoms with Crippen LogP contribution in [0.2, 0.25) is 0 Å². The number of nitrogens with one attached hydrogen (secondary N) is 1. The summed E-state index contributed by atoms with van der Waals surface area (Å²) in [6.07, 6.45) is 1.13. The number of alkyl halides is 2. The van der Waals surface area contributed by atoms with Crippen LogP contribution in [-0.4, -0.2) is 44.3 Å². The van der Waals surface area contributed by atoms with Gasteiger partial charge >= 0.3 is 0 Å². The molecule has 0 aliphatic carbocycles. The standard InChI is InChI=1S/C17H33Br2NOP2/c1-12(2)22(13(3)4)10-9-20-16(11-21)17(18,19)23(14(5)6)15(7)8/h12-15,20H,9-10H2,1-8H3. The summed E-state index contributed by atoms with van der Waals surface area (Å²) in [6, 6.07) is 0. The molecule has 0 rings (SSSR count). The molecule has 0 radical (unpaired) electrons. The second kappa shape index (κ2) is 10.9. The molecule has 0 aliphatic rings. The highest BCUT2D eigenvalue weighted by Crippen LogP contribution is 2.65. The van der Waals surface area contributed by atoms with Crippen LogP contribution >= 0.6 is 47.7 Å². The molecule has 0 heterocycles. The summed E-state index contributed by atoms with van der Waals surface area (Å²) >= 11 is 7.58. The van der Waals surface area contributed by atoms with Crippen LogP contribution in [0.5, 0.6) is 0 Å². The summed E-state index contributed by atoms with van der Waals surface area (Å²) in [7, 11) is -0.469. The molecule has 0 amide bonds. The minimum atomic E-state index is -0.474. The van der Waals surface area contributed by atoms with Crippen LogP contribution in [0.1, 0.15) is 55.4 Å². The Morgan fingerprint density at radius 1 is 0.957 bits per heavy atom. The summed E-state index contributed by atoms with van der Waals surface area (Å²) in [6.45, 7) is 19.0. The smallest absolute Gasteiger partial charge is 0.149 e. The van der Waals surface area contributed by atoms with Gasteiger partial charge in [0.1, 0.15) is 14.6 Å². The molecular formula is C17H33Br2NOP2. The van der Waals surface area contributed by atoms with Crippen LogP contribution in [-0.2, 0) is 4.79 Å². The fourth-order valence-electron chi connectivity index (χ4n) is 3.00. The fourth-order valence-corrected chi connectivity index (χ4v) is 13.8. The van der Waals surface area contributed by atoms with Gasteiger partial charge in [0.05, 0.1) is 0 Å². The summed E-state index contributed by atoms with van der Waals surface area (Å²) in [5.41, 5.74) is 3.08. The van der Waals surface area contributed by atoms with Crippen molar-refractivity contribution in [2.45, 2.75) is 81.0 Å². The van der Waals surface area contributed by atoms with Crippen LogP contribution in [0.15, 0.2) is 5.70 Å². The Morgan fingerprint density at radius 2 is 1.39 bits per heavy atom. The summed E-state index contributed by atoms with van der Waals surface area (Å²) in [5, 5.41) is 3.37. The number of allylic oxidation sites excluding steroid dienone is 1. The van der Waals surface area contributed by atoms with Gasteiger partial charge in [0.15, 0.2) is 0 Å². The van der Waals surface area contributed by atoms with Gasteiger partial charge in [0.2, 0.25) is 0 Å². The van der Waals surface area contributed by atoms with E-state index in [1.807, 2.05) is 0 Å². The van der Waals surface area contributed by atoms with Crippen molar-refractivity contribution in [3.8, 4) is 0 Å². The maximum atomic E-state index is 11.6. The molecule has 0 spiro atoms. The molecular weight excluding hydrogens is 456 g/mol. The Hall–Kier alpha value is 1.07. The molecule has 0 aliphatic heterocycles. The molecule has 23 heavy (non-hydrogen) atoms. The molecule has 0 fully saturated rings. The van der Waals surface area contributed by atoms with Crippen LogP contribution in [0.3, 0.4) is 0 Å². The molecule has 0 aromatic carbocycles. The predicted molar refractivity (Wildman–Crippen MR) is 117 cm³/mol. The largest absolute Gasteiger partial charge is 0.377 e. The highest BCUT2D eigenvalue weighted by atomic mass is 79.9. The molecule has 0 bridgehead atoms. The number of halogens is 2. The van der Waals surface area contributed by atoms with Crippen LogP contribution < -0.4 is 5.32 Å². The predicted octanol–water partition coefficient (Wildman–Crippen LogP) is 6.33. The summed E-state index contributed by atoms with van der Waals surface area (Å²) in [5.74, 6) is 2.15. The lowest BCUT2D eigenvalue weighted by Crippen LogP contribution is -2.32. The van der Waals surface area contributed by atoms with Gasteiger partial charge in [-0.3, -0.25) is 0 Å². The van der Waals surface area contributed by atoms with E-state index in [2.05, 4.69) is 98.5 Å². The Labute approximate surface area is 162 Å². The lowest BCUT2D eigenvalue weighted by atomic mass is 10.5. The first-order chi connectivity index (χ1) is 10.5. The Balaban J connectivity index is 5.00. The zero-order chi connectivity index (χ0) is 18.4. The molecule has 0 saturated carbocycles. The monoisotopic (exact) mass is 487 g/mol. The van der Waals surface area contributed by atoms with Gasteiger partial charge in [-0.05, 0) is 28.8 Å². The van der Waals surface area contributed by atoms with E-state index in [9.17, 15) is 4.79 Å². The number of carbonyl (C=O) groups excluding carboxylic acids is 1. The van der Waals surface area contributed by atoms with E-state index in [0.29, 0.717) is 17.0 Å². The van der Waals surface area contributed by atoms with Gasteiger partial charge < -0.3 is 5.32 Å². The summed E-state index contributed by atoms with van der Waals surface area (Å²) in [4.78, 5) is 11.6. The highest BCUT2D eigenvalue weighted by molar-refractivity contribution is 9.27. The van der Waals surface area contributed by atoms with E-state index < -0.39 is 10.9 Å². The van der Waals surface area contributed by atoms with Gasteiger partial charge in [-0.15, -0.1) is 0 Å². The summed E-state index contributed by atoms with van der Waals surface area (Å²) < 4.78 is -0.474. The third-order valence-corrected chi connectivity index (χ3v) is 13.6. The minimum Gasteiger partial charge on any atom is -0.377 e. The molecule has 0 atom stereocenters. The van der Waals surface area contributed by atoms with Crippen LogP contribution in [0, 0.1) is 0 Å². The van der Waals surface area contributed by atoms with Crippen LogP contribution in [0.4, 0.5) is 0 Å². The molecule has 1 N–H and O–H groups in total. The quantitative estimate of drug-likeness (QED) is 0.221. The Kier molecular flexibility index (Phi) is 11.4. The first-order valence-corrected chi connectivity index (χ1v) is 13.1. The van der Waals surface area contributed by atoms with E-state index in [0.717, 1.165) is 24.0 Å². The highest BCUT2D eigenvalue weighted by Gasteiger charge is 2.41. The molecule has 0 aromatic heterocycles. The Morgan fingerprint density at radius 3 is 1.70 bits per heavy atom. The first-order valence-electron chi connectivity index (χ1n) is 8.38. The Bertz CT molecular complexity index is 389. The van der Waals surface area contributed by atoms with E-state index in [1.54, 1.807) is 0 Å². The molecule has 0 aromatic rings. The van der Waals surface area contributed by atoms with Gasteiger partial charge in [-0.2, -0.15) is 0 Å². The second-order valence-electron chi connectivity index (χ2n) is 6.97. The zero-order valence-electron chi connectivity index (χ0n) is 15.8. The number of rotatable bonds is 10. The van der Waals surface area contributed by atoms with Crippen LogP contribution in [0.25, 0.3) is 0 Å². The zero-order valence-corrected chi connectivity index (χ0v) is 20.7. The van der Waals surface area contributed by atoms with E-state index >= 15 is 0 Å². The second-order valence-corrected chi connectivity index (χ2v) is 18.7. The third-order valence-electron chi connectivity index (χ3n) is 3.84. The van der Waals surface area contributed by atoms with E-state index in [4.69, 9.17) is 0 Å². The van der Waals surface area contributed by atoms with Gasteiger partial charge in [-0.1, -0.05) is 103 Å². The molecule has 0 saturated heterocycles. The average molecular weight is 489 g/mol. The molecule has 2 nitrogen and oxygen atoms in total. The van der Waals surface area contributed by atoms with Crippen molar-refractivity contribution in [3.05, 3.63) is 5.70 Å². The minimum absolute atomic E-state index is 0.0214. The molecule has 6 heteroatoms. The van der Waals surface area contributed by atoms with Crippen molar-refractivity contribution in [2.24, 2.45) is 0 Å². The molecule has 136 valence electrons. The maximum Gasteiger partial charge on any atom is 0.149 e. The van der Waals surface area contributed by atoms with Crippen molar-refractivity contribution in [2.75, 3.05) is 12.7 Å². The van der Waals surface area contributed by atoms with Crippen molar-refractivity contribution < 1.29 is 4.79 Å². The van der Waals surface area contributed by atoms with Gasteiger partial charge in [0.25, 0.3) is 0 Å². The fraction of sp³-hybridized carbons (Fsp3) is 0.882. The number of hydrogen-bond acceptors (Lipinski definition) is 2. The lowest BCUT2D eigenvalue weighted by molar-refractivity contribution is 0.564. The van der Waals surface area contributed by atoms with Gasteiger partial charge in [-0.25, -0.2) is 4.79 Å². The van der Waals surface area contributed by atoms with Crippen molar-refractivity contribution in [1.29, 1.82) is 0 Å². The SMILES string of the molecule is CC(C)P(CCNC(=C=O)C(Br)(Br)P(C(C)C)C(C)C)C(C)C. The third kappa shape index (κ3) is 7.45. The van der Waals surface area contributed by atoms with E-state index in [1.165, 1.54) is 0 Å². The topological polar surface area (TPSA) is 29.1 Å². The van der Waals surface area contributed by atoms with E-state index in [-0.39, 0.29) is 7.92 Å². The van der Waals surface area contributed by atoms with Crippen molar-refractivity contribution in [3.63, 3.8) is 0 Å². The normalized spacial score (nSPS) is 12.9. The first kappa shape index (κ1) is 24.1. The van der Waals surface area contributed by atoms with Crippen molar-refractivity contribution >= 4 is 53.6 Å². The van der Waals surface area contributed by atoms with Crippen molar-refractivity contribution in [1.82, 2.24) is 5.32 Å². The average Bonchev–Trinajstić information content (AvgIpc) is 2.35. The lowest BCUT2D eigenvalue weighted by Gasteiger charge is -2.38.